The van der Waals surface area contributed by atoms with Crippen LogP contribution in [0.3, 0.4) is 0 Å². The van der Waals surface area contributed by atoms with Crippen LogP contribution in [0.2, 0.25) is 0 Å². The van der Waals surface area contributed by atoms with Crippen LogP contribution in [0.15, 0.2) is 115 Å². The van der Waals surface area contributed by atoms with Crippen molar-refractivity contribution in [2.45, 2.75) is 33.0 Å². The molecule has 0 spiro atoms. The number of hydrogen-bond acceptors (Lipinski definition) is 4. The van der Waals surface area contributed by atoms with Crippen LogP contribution in [-0.4, -0.2) is 34.4 Å². The maximum absolute atomic E-state index is 12.1. The number of carboxylic acid groups (broad SMARTS) is 1. The van der Waals surface area contributed by atoms with E-state index in [0.29, 0.717) is 38.5 Å². The van der Waals surface area contributed by atoms with Crippen LogP contribution in [0, 0.1) is 6.92 Å². The molecule has 6 aromatic rings. The Morgan fingerprint density at radius 2 is 1.50 bits per heavy atom. The summed E-state index contributed by atoms with van der Waals surface area (Å²) in [6.07, 6.45) is -0.665. The van der Waals surface area contributed by atoms with Crippen molar-refractivity contribution in [1.82, 2.24) is 9.47 Å². The van der Waals surface area contributed by atoms with E-state index in [1.54, 1.807) is 0 Å². The summed E-state index contributed by atoms with van der Waals surface area (Å²) in [6.45, 7) is 4.33. The van der Waals surface area contributed by atoms with Crippen LogP contribution >= 0.6 is 0 Å². The number of benzene rings is 5. The van der Waals surface area contributed by atoms with Gasteiger partial charge in [-0.2, -0.15) is 0 Å². The minimum absolute atomic E-state index is 0.360. The fourth-order valence-electron chi connectivity index (χ4n) is 6.08. The van der Waals surface area contributed by atoms with Gasteiger partial charge in [0.25, 0.3) is 0 Å². The molecule has 6 nitrogen and oxygen atoms in total. The van der Waals surface area contributed by atoms with Crippen molar-refractivity contribution < 1.29 is 19.4 Å². The molecule has 0 amide bonds. The lowest BCUT2D eigenvalue weighted by atomic mass is 9.95. The van der Waals surface area contributed by atoms with Crippen LogP contribution in [0.4, 0.5) is 4.79 Å². The van der Waals surface area contributed by atoms with Crippen molar-refractivity contribution >= 4 is 27.8 Å². The summed E-state index contributed by atoms with van der Waals surface area (Å²) in [7, 11) is 2.05. The summed E-state index contributed by atoms with van der Waals surface area (Å²) in [5.74, 6) is 1.20. The fraction of sp³-hybridized carbons (Fsp3) is 0.184. The van der Waals surface area contributed by atoms with Gasteiger partial charge < -0.3 is 19.1 Å². The van der Waals surface area contributed by atoms with E-state index in [1.807, 2.05) is 65.2 Å². The number of hydrogen-bond donors (Lipinski definition) is 1. The van der Waals surface area contributed by atoms with E-state index in [-0.39, 0.29) is 0 Å². The Kier molecular flexibility index (Phi) is 8.62. The lowest BCUT2D eigenvalue weighted by molar-refractivity contribution is 0.139. The molecule has 0 saturated carbocycles. The van der Waals surface area contributed by atoms with Crippen molar-refractivity contribution in [3.63, 3.8) is 0 Å². The molecule has 0 unspecified atom stereocenters. The average molecular weight is 585 g/mol. The van der Waals surface area contributed by atoms with E-state index in [9.17, 15) is 9.90 Å². The van der Waals surface area contributed by atoms with Gasteiger partial charge in [-0.15, -0.1) is 0 Å². The Morgan fingerprint density at radius 3 is 2.32 bits per heavy atom. The molecule has 6 heteroatoms. The van der Waals surface area contributed by atoms with Gasteiger partial charge in [0.2, 0.25) is 5.88 Å². The van der Waals surface area contributed by atoms with Gasteiger partial charge in [-0.1, -0.05) is 103 Å². The molecular formula is C38H36N2O4. The zero-order valence-electron chi connectivity index (χ0n) is 25.1. The van der Waals surface area contributed by atoms with Crippen molar-refractivity contribution in [1.29, 1.82) is 0 Å². The average Bonchev–Trinajstić information content (AvgIpc) is 3.31. The van der Waals surface area contributed by atoms with Crippen molar-refractivity contribution in [2.75, 3.05) is 13.7 Å². The molecule has 0 bridgehead atoms. The summed E-state index contributed by atoms with van der Waals surface area (Å²) >= 11 is 0. The van der Waals surface area contributed by atoms with Gasteiger partial charge in [0.1, 0.15) is 5.75 Å². The van der Waals surface area contributed by atoms with E-state index in [4.69, 9.17) is 9.47 Å². The predicted molar refractivity (Wildman–Crippen MR) is 176 cm³/mol. The zero-order chi connectivity index (χ0) is 30.5. The maximum Gasteiger partial charge on any atom is 0.512 e. The molecule has 5 aromatic carbocycles. The molecule has 0 aliphatic heterocycles. The Hall–Kier alpha value is -5.07. The van der Waals surface area contributed by atoms with E-state index in [1.165, 1.54) is 5.56 Å². The third-order valence-electron chi connectivity index (χ3n) is 8.01. The molecular weight excluding hydrogens is 548 g/mol. The molecule has 0 aliphatic carbocycles. The van der Waals surface area contributed by atoms with Crippen molar-refractivity contribution in [2.24, 2.45) is 0 Å². The number of fused-ring (bicyclic) bond motifs is 2. The normalized spacial score (nSPS) is 11.3. The van der Waals surface area contributed by atoms with E-state index in [2.05, 4.69) is 73.5 Å². The second-order valence-electron chi connectivity index (χ2n) is 11.2. The minimum Gasteiger partial charge on any atom is -0.493 e. The Morgan fingerprint density at radius 1 is 0.795 bits per heavy atom. The molecule has 1 heterocycles. The summed E-state index contributed by atoms with van der Waals surface area (Å²) in [5, 5.41) is 13.1. The summed E-state index contributed by atoms with van der Waals surface area (Å²) in [4.78, 5) is 14.3. The third-order valence-corrected chi connectivity index (χ3v) is 8.01. The lowest BCUT2D eigenvalue weighted by Crippen LogP contribution is -2.19. The fourth-order valence-corrected chi connectivity index (χ4v) is 6.08. The Bertz CT molecular complexity index is 1910. The minimum atomic E-state index is -1.33. The molecule has 6 rings (SSSR count). The lowest BCUT2D eigenvalue weighted by Gasteiger charge is -2.18. The first-order chi connectivity index (χ1) is 21.5. The largest absolute Gasteiger partial charge is 0.512 e. The SMILES string of the molecule is Cc1ccccc1-c1cccc2c1c(CN(C)Cc1ccccc1)c(OC(=O)O)n2CCCOc1cccc2ccccc12. The topological polar surface area (TPSA) is 63.9 Å². The number of aryl methyl sites for hydroxylation is 2. The second kappa shape index (κ2) is 13.1. The number of ether oxygens (including phenoxy) is 2. The number of rotatable bonds is 11. The Labute approximate surface area is 257 Å². The van der Waals surface area contributed by atoms with Crippen LogP contribution in [0.5, 0.6) is 11.6 Å². The highest BCUT2D eigenvalue weighted by atomic mass is 16.7. The number of nitrogens with zero attached hydrogens (tertiary/aromatic N) is 2. The van der Waals surface area contributed by atoms with Gasteiger partial charge >= 0.3 is 6.16 Å². The standard InChI is InChI=1S/C38H36N2O4/c1-27-13-6-8-18-30(27)32-20-11-21-34-36(32)33(26-39(2)25-28-14-4-3-5-15-28)37(44-38(41)42)40(34)23-12-24-43-35-22-10-17-29-16-7-9-19-31(29)35/h3-11,13-22H,12,23-26H2,1-2H3,(H,41,42). The highest BCUT2D eigenvalue weighted by Crippen LogP contribution is 2.41. The summed E-state index contributed by atoms with van der Waals surface area (Å²) in [6, 6.07) is 39.0. The van der Waals surface area contributed by atoms with Gasteiger partial charge in [0.05, 0.1) is 12.1 Å². The highest BCUT2D eigenvalue weighted by molar-refractivity contribution is 6.00. The quantitative estimate of drug-likeness (QED) is 0.122. The first-order valence-corrected chi connectivity index (χ1v) is 14.9. The van der Waals surface area contributed by atoms with Crippen LogP contribution in [-0.2, 0) is 19.6 Å². The molecule has 0 fully saturated rings. The van der Waals surface area contributed by atoms with Crippen molar-refractivity contribution in [3.05, 3.63) is 132 Å². The van der Waals surface area contributed by atoms with E-state index >= 15 is 0 Å². The second-order valence-corrected chi connectivity index (χ2v) is 11.2. The third kappa shape index (κ3) is 6.17. The number of carbonyl (C=O) groups is 1. The van der Waals surface area contributed by atoms with Crippen molar-refractivity contribution in [3.8, 4) is 22.8 Å². The summed E-state index contributed by atoms with van der Waals surface area (Å²) in [5.41, 5.74) is 6.31. The molecule has 0 radical (unpaired) electrons. The smallest absolute Gasteiger partial charge is 0.493 e. The highest BCUT2D eigenvalue weighted by Gasteiger charge is 2.25. The van der Waals surface area contributed by atoms with Gasteiger partial charge in [-0.3, -0.25) is 4.90 Å². The first kappa shape index (κ1) is 29.0. The first-order valence-electron chi connectivity index (χ1n) is 14.9. The molecule has 44 heavy (non-hydrogen) atoms. The predicted octanol–water partition coefficient (Wildman–Crippen LogP) is 8.93. The number of aromatic nitrogens is 1. The van der Waals surface area contributed by atoms with E-state index in [0.717, 1.165) is 49.7 Å². The van der Waals surface area contributed by atoms with Gasteiger partial charge in [0.15, 0.2) is 0 Å². The van der Waals surface area contributed by atoms with Crippen LogP contribution < -0.4 is 9.47 Å². The molecule has 0 atom stereocenters. The molecule has 0 aliphatic rings. The molecule has 1 aromatic heterocycles. The van der Waals surface area contributed by atoms with Gasteiger partial charge in [-0.05, 0) is 60.2 Å². The molecule has 1 N–H and O–H groups in total. The van der Waals surface area contributed by atoms with E-state index < -0.39 is 6.16 Å². The van der Waals surface area contributed by atoms with Crippen LogP contribution in [0.25, 0.3) is 32.8 Å². The Balaban J connectivity index is 1.38. The summed E-state index contributed by atoms with van der Waals surface area (Å²) < 4.78 is 13.9. The molecule has 0 saturated heterocycles. The monoisotopic (exact) mass is 584 g/mol. The maximum atomic E-state index is 12.1. The van der Waals surface area contributed by atoms with Gasteiger partial charge in [-0.25, -0.2) is 4.79 Å². The zero-order valence-corrected chi connectivity index (χ0v) is 25.1. The van der Waals surface area contributed by atoms with Crippen LogP contribution in [0.1, 0.15) is 23.1 Å². The molecule has 222 valence electrons. The van der Waals surface area contributed by atoms with Gasteiger partial charge in [0, 0.05) is 36.0 Å².